The highest BCUT2D eigenvalue weighted by molar-refractivity contribution is 5.76. The van der Waals surface area contributed by atoms with Crippen LogP contribution in [-0.2, 0) is 13.1 Å². The summed E-state index contributed by atoms with van der Waals surface area (Å²) >= 11 is 0. The van der Waals surface area contributed by atoms with Crippen LogP contribution < -0.4 is 5.32 Å². The lowest BCUT2D eigenvalue weighted by Crippen LogP contribution is -2.06. The van der Waals surface area contributed by atoms with Gasteiger partial charge in [0.2, 0.25) is 5.95 Å². The van der Waals surface area contributed by atoms with Crippen molar-refractivity contribution in [1.82, 2.24) is 24.3 Å². The zero-order valence-electron chi connectivity index (χ0n) is 14.1. The van der Waals surface area contributed by atoms with E-state index in [1.165, 1.54) is 18.5 Å². The molecule has 0 aliphatic carbocycles. The average Bonchev–Trinajstić information content (AvgIpc) is 3.23. The molecule has 0 fully saturated rings. The predicted octanol–water partition coefficient (Wildman–Crippen LogP) is 3.82. The second kappa shape index (κ2) is 7.10. The fourth-order valence-electron chi connectivity index (χ4n) is 2.77. The molecule has 3 aromatic heterocycles. The van der Waals surface area contributed by atoms with E-state index < -0.39 is 13.0 Å². The molecular formula is C18H15F3N6. The van der Waals surface area contributed by atoms with E-state index in [-0.39, 0.29) is 5.82 Å². The lowest BCUT2D eigenvalue weighted by Gasteiger charge is -2.07. The van der Waals surface area contributed by atoms with Crippen LogP contribution in [0.15, 0.2) is 55.1 Å². The maximum atomic E-state index is 13.9. The Bertz CT molecular complexity index is 1070. The first-order valence-corrected chi connectivity index (χ1v) is 8.21. The molecule has 0 aliphatic rings. The van der Waals surface area contributed by atoms with Crippen molar-refractivity contribution < 1.29 is 13.2 Å². The largest absolute Gasteiger partial charge is 0.328 e. The summed E-state index contributed by atoms with van der Waals surface area (Å²) in [6, 6.07) is 8.41. The summed E-state index contributed by atoms with van der Waals surface area (Å²) in [5.41, 5.74) is 1.69. The summed E-state index contributed by atoms with van der Waals surface area (Å²) in [7, 11) is 0. The molecule has 0 saturated heterocycles. The van der Waals surface area contributed by atoms with Gasteiger partial charge in [0.1, 0.15) is 18.0 Å². The predicted molar refractivity (Wildman–Crippen MR) is 94.5 cm³/mol. The second-order valence-corrected chi connectivity index (χ2v) is 5.97. The Morgan fingerprint density at radius 2 is 1.96 bits per heavy atom. The Morgan fingerprint density at radius 1 is 1.11 bits per heavy atom. The SMILES string of the molecule is Fc1ccccc1Cn1ccc2cnc(Nc3cnn(CC(F)F)c3)nc21. The number of hydrogen-bond donors (Lipinski definition) is 1. The van der Waals surface area contributed by atoms with Crippen molar-refractivity contribution in [2.75, 3.05) is 5.32 Å². The van der Waals surface area contributed by atoms with E-state index in [0.717, 1.165) is 10.1 Å². The summed E-state index contributed by atoms with van der Waals surface area (Å²) in [6.07, 6.45) is 3.86. The van der Waals surface area contributed by atoms with Crippen LogP contribution in [0.25, 0.3) is 11.0 Å². The third-order valence-electron chi connectivity index (χ3n) is 4.01. The molecule has 4 rings (SSSR count). The minimum atomic E-state index is -2.48. The van der Waals surface area contributed by atoms with Crippen LogP contribution in [0.3, 0.4) is 0 Å². The average molecular weight is 372 g/mol. The minimum absolute atomic E-state index is 0.279. The fourth-order valence-corrected chi connectivity index (χ4v) is 2.77. The maximum Gasteiger partial charge on any atom is 0.257 e. The number of rotatable bonds is 6. The fraction of sp³-hybridized carbons (Fsp3) is 0.167. The first-order chi connectivity index (χ1) is 13.1. The number of aromatic nitrogens is 5. The van der Waals surface area contributed by atoms with E-state index in [1.54, 1.807) is 24.4 Å². The van der Waals surface area contributed by atoms with Crippen LogP contribution in [0.5, 0.6) is 0 Å². The number of halogens is 3. The van der Waals surface area contributed by atoms with Gasteiger partial charge in [0, 0.05) is 29.5 Å². The van der Waals surface area contributed by atoms with E-state index in [0.29, 0.717) is 29.4 Å². The van der Waals surface area contributed by atoms with Crippen LogP contribution in [0.2, 0.25) is 0 Å². The van der Waals surface area contributed by atoms with Gasteiger partial charge in [-0.15, -0.1) is 0 Å². The Labute approximate surface area is 152 Å². The molecule has 3 heterocycles. The van der Waals surface area contributed by atoms with Gasteiger partial charge < -0.3 is 9.88 Å². The highest BCUT2D eigenvalue weighted by Crippen LogP contribution is 2.19. The molecule has 0 radical (unpaired) electrons. The summed E-state index contributed by atoms with van der Waals surface area (Å²) in [5.74, 6) is 0.0192. The maximum absolute atomic E-state index is 13.9. The molecule has 4 aromatic rings. The number of alkyl halides is 2. The summed E-state index contributed by atoms with van der Waals surface area (Å²) in [5, 5.41) is 7.61. The molecule has 0 saturated carbocycles. The van der Waals surface area contributed by atoms with Crippen molar-refractivity contribution >= 4 is 22.7 Å². The zero-order valence-corrected chi connectivity index (χ0v) is 14.1. The Kier molecular flexibility index (Phi) is 4.49. The van der Waals surface area contributed by atoms with E-state index in [1.807, 2.05) is 16.8 Å². The lowest BCUT2D eigenvalue weighted by atomic mass is 10.2. The van der Waals surface area contributed by atoms with Crippen LogP contribution in [0, 0.1) is 5.82 Å². The van der Waals surface area contributed by atoms with Gasteiger partial charge in [-0.2, -0.15) is 10.1 Å². The topological polar surface area (TPSA) is 60.6 Å². The van der Waals surface area contributed by atoms with Crippen molar-refractivity contribution in [3.05, 3.63) is 66.5 Å². The Hall–Kier alpha value is -3.36. The van der Waals surface area contributed by atoms with E-state index in [4.69, 9.17) is 0 Å². The number of benzene rings is 1. The standard InChI is InChI=1S/C18H15F3N6/c19-15-4-2-1-3-13(15)9-26-6-5-12-7-22-18(25-17(12)26)24-14-8-23-27(10-14)11-16(20)21/h1-8,10,16H,9,11H2,(H,22,24,25). The number of nitrogens with zero attached hydrogens (tertiary/aromatic N) is 5. The van der Waals surface area contributed by atoms with Gasteiger partial charge in [-0.25, -0.2) is 18.2 Å². The molecule has 0 bridgehead atoms. The van der Waals surface area contributed by atoms with Crippen molar-refractivity contribution in [2.45, 2.75) is 19.5 Å². The first-order valence-electron chi connectivity index (χ1n) is 8.21. The molecule has 27 heavy (non-hydrogen) atoms. The quantitative estimate of drug-likeness (QED) is 0.559. The molecule has 0 atom stereocenters. The summed E-state index contributed by atoms with van der Waals surface area (Å²) < 4.78 is 41.7. The van der Waals surface area contributed by atoms with Crippen LogP contribution in [-0.4, -0.2) is 30.7 Å². The lowest BCUT2D eigenvalue weighted by molar-refractivity contribution is 0.122. The molecule has 9 heteroatoms. The number of hydrogen-bond acceptors (Lipinski definition) is 4. The summed E-state index contributed by atoms with van der Waals surface area (Å²) in [6.45, 7) is -0.147. The molecule has 138 valence electrons. The van der Waals surface area contributed by atoms with Gasteiger partial charge in [0.25, 0.3) is 6.43 Å². The monoisotopic (exact) mass is 372 g/mol. The molecule has 0 spiro atoms. The molecule has 1 aromatic carbocycles. The number of fused-ring (bicyclic) bond motifs is 1. The normalized spacial score (nSPS) is 11.4. The van der Waals surface area contributed by atoms with E-state index in [2.05, 4.69) is 20.4 Å². The van der Waals surface area contributed by atoms with E-state index in [9.17, 15) is 13.2 Å². The summed E-state index contributed by atoms with van der Waals surface area (Å²) in [4.78, 5) is 8.68. The van der Waals surface area contributed by atoms with Crippen LogP contribution in [0.1, 0.15) is 5.56 Å². The molecule has 1 N–H and O–H groups in total. The Balaban J connectivity index is 1.58. The van der Waals surface area contributed by atoms with Crippen molar-refractivity contribution in [2.24, 2.45) is 0 Å². The first kappa shape index (κ1) is 17.1. The van der Waals surface area contributed by atoms with Crippen LogP contribution in [0.4, 0.5) is 24.8 Å². The molecule has 0 amide bonds. The van der Waals surface area contributed by atoms with Crippen molar-refractivity contribution in [1.29, 1.82) is 0 Å². The van der Waals surface area contributed by atoms with E-state index >= 15 is 0 Å². The molecule has 0 aliphatic heterocycles. The van der Waals surface area contributed by atoms with Gasteiger partial charge >= 0.3 is 0 Å². The van der Waals surface area contributed by atoms with Crippen molar-refractivity contribution in [3.8, 4) is 0 Å². The van der Waals surface area contributed by atoms with Crippen molar-refractivity contribution in [3.63, 3.8) is 0 Å². The number of nitrogens with one attached hydrogen (secondary N) is 1. The van der Waals surface area contributed by atoms with Gasteiger partial charge in [-0.3, -0.25) is 4.68 Å². The third-order valence-corrected chi connectivity index (χ3v) is 4.01. The minimum Gasteiger partial charge on any atom is -0.328 e. The highest BCUT2D eigenvalue weighted by atomic mass is 19.3. The zero-order chi connectivity index (χ0) is 18.8. The smallest absolute Gasteiger partial charge is 0.257 e. The molecular weight excluding hydrogens is 357 g/mol. The molecule has 6 nitrogen and oxygen atoms in total. The van der Waals surface area contributed by atoms with Gasteiger partial charge in [-0.05, 0) is 12.1 Å². The Morgan fingerprint density at radius 3 is 2.78 bits per heavy atom. The van der Waals surface area contributed by atoms with Gasteiger partial charge in [0.15, 0.2) is 0 Å². The number of anilines is 2. The third kappa shape index (κ3) is 3.76. The van der Waals surface area contributed by atoms with Gasteiger partial charge in [-0.1, -0.05) is 18.2 Å². The van der Waals surface area contributed by atoms with Crippen LogP contribution >= 0.6 is 0 Å². The van der Waals surface area contributed by atoms with Gasteiger partial charge in [0.05, 0.1) is 18.4 Å². The highest BCUT2D eigenvalue weighted by Gasteiger charge is 2.10. The molecule has 0 unspecified atom stereocenters. The second-order valence-electron chi connectivity index (χ2n) is 5.97.